The molecule has 1 heterocycles. The fraction of sp³-hybridized carbons (Fsp3) is 0.316. The molecule has 1 fully saturated rings. The number of amides is 1. The van der Waals surface area contributed by atoms with Gasteiger partial charge in [0, 0.05) is 41.0 Å². The minimum Gasteiger partial charge on any atom is -0.378 e. The fourth-order valence-electron chi connectivity index (χ4n) is 2.95. The van der Waals surface area contributed by atoms with Gasteiger partial charge in [0.15, 0.2) is 0 Å². The maximum absolute atomic E-state index is 12.8. The summed E-state index contributed by atoms with van der Waals surface area (Å²) in [4.78, 5) is 16.9. The third-order valence-electron chi connectivity index (χ3n) is 4.26. The topological polar surface area (TPSA) is 32.8 Å². The number of nitrogens with zero attached hydrogens (tertiary/aromatic N) is 2. The van der Waals surface area contributed by atoms with Crippen molar-refractivity contribution in [3.63, 3.8) is 0 Å². The van der Waals surface area contributed by atoms with Gasteiger partial charge in [-0.05, 0) is 52.4 Å². The minimum absolute atomic E-state index is 0.00199. The van der Waals surface area contributed by atoms with Gasteiger partial charge in [0.2, 0.25) is 0 Å². The summed E-state index contributed by atoms with van der Waals surface area (Å²) in [6, 6.07) is 13.6. The number of anilines is 1. The number of hydrogen-bond donors (Lipinski definition) is 0. The Labute approximate surface area is 166 Å². The van der Waals surface area contributed by atoms with Gasteiger partial charge in [-0.15, -0.1) is 0 Å². The predicted molar refractivity (Wildman–Crippen MR) is 109 cm³/mol. The fourth-order valence-corrected chi connectivity index (χ4v) is 4.06. The van der Waals surface area contributed by atoms with Crippen LogP contribution < -0.4 is 4.90 Å². The van der Waals surface area contributed by atoms with Crippen LogP contribution in [0.3, 0.4) is 0 Å². The number of para-hydroxylation sites is 1. The van der Waals surface area contributed by atoms with Crippen LogP contribution in [0.15, 0.2) is 42.5 Å². The van der Waals surface area contributed by atoms with Crippen LogP contribution >= 0.6 is 34.2 Å². The first-order valence-corrected chi connectivity index (χ1v) is 9.63. The molecule has 2 aromatic carbocycles. The molecule has 1 amide bonds. The number of ether oxygens (including phenoxy) is 1. The second kappa shape index (κ2) is 8.38. The highest BCUT2D eigenvalue weighted by molar-refractivity contribution is 14.1. The number of benzene rings is 2. The molecule has 0 aromatic heterocycles. The second-order valence-corrected chi connectivity index (χ2v) is 7.61. The van der Waals surface area contributed by atoms with E-state index in [-0.39, 0.29) is 5.91 Å². The number of rotatable bonds is 4. The van der Waals surface area contributed by atoms with Gasteiger partial charge in [-0.3, -0.25) is 4.79 Å². The van der Waals surface area contributed by atoms with Gasteiger partial charge < -0.3 is 14.5 Å². The molecular weight excluding hydrogens is 451 g/mol. The van der Waals surface area contributed by atoms with Gasteiger partial charge in [0.1, 0.15) is 0 Å². The quantitative estimate of drug-likeness (QED) is 0.632. The van der Waals surface area contributed by atoms with Crippen LogP contribution in [0.5, 0.6) is 0 Å². The monoisotopic (exact) mass is 470 g/mol. The van der Waals surface area contributed by atoms with E-state index in [1.807, 2.05) is 25.2 Å². The normalized spacial score (nSPS) is 14.4. The smallest absolute Gasteiger partial charge is 0.254 e. The molecule has 0 spiro atoms. The molecular formula is C19H20ClIN2O2. The van der Waals surface area contributed by atoms with Gasteiger partial charge in [0.05, 0.1) is 18.8 Å². The Balaban J connectivity index is 1.78. The van der Waals surface area contributed by atoms with E-state index < -0.39 is 0 Å². The summed E-state index contributed by atoms with van der Waals surface area (Å²) in [5.41, 5.74) is 3.00. The van der Waals surface area contributed by atoms with Gasteiger partial charge in [0.25, 0.3) is 5.91 Å². The Morgan fingerprint density at radius 2 is 1.96 bits per heavy atom. The lowest BCUT2D eigenvalue weighted by molar-refractivity contribution is 0.0784. The summed E-state index contributed by atoms with van der Waals surface area (Å²) >= 11 is 8.15. The van der Waals surface area contributed by atoms with E-state index in [0.717, 1.165) is 35.4 Å². The molecule has 0 unspecified atom stereocenters. The van der Waals surface area contributed by atoms with E-state index in [9.17, 15) is 4.79 Å². The summed E-state index contributed by atoms with van der Waals surface area (Å²) in [5, 5.41) is 0.640. The van der Waals surface area contributed by atoms with Crippen LogP contribution in [-0.2, 0) is 11.3 Å². The number of carbonyl (C=O) groups is 1. The number of halogens is 2. The van der Waals surface area contributed by atoms with Crippen molar-refractivity contribution in [2.75, 3.05) is 38.3 Å². The van der Waals surface area contributed by atoms with Crippen molar-refractivity contribution < 1.29 is 9.53 Å². The Bertz CT molecular complexity index is 763. The Kier molecular flexibility index (Phi) is 6.19. The third-order valence-corrected chi connectivity index (χ3v) is 5.39. The largest absolute Gasteiger partial charge is 0.378 e. The Morgan fingerprint density at radius 3 is 2.68 bits per heavy atom. The molecule has 0 aliphatic carbocycles. The van der Waals surface area contributed by atoms with Crippen molar-refractivity contribution in [1.29, 1.82) is 0 Å². The molecule has 0 radical (unpaired) electrons. The second-order valence-electron chi connectivity index (χ2n) is 6.01. The molecule has 0 bridgehead atoms. The molecule has 2 aromatic rings. The third kappa shape index (κ3) is 4.46. The maximum Gasteiger partial charge on any atom is 0.254 e. The van der Waals surface area contributed by atoms with Crippen molar-refractivity contribution >= 4 is 45.8 Å². The molecule has 0 saturated carbocycles. The molecule has 6 heteroatoms. The first-order valence-electron chi connectivity index (χ1n) is 8.17. The highest BCUT2D eigenvalue weighted by Gasteiger charge is 2.19. The lowest BCUT2D eigenvalue weighted by atomic mass is 10.1. The molecule has 1 aliphatic rings. The standard InChI is InChI=1S/C19H20ClIN2O2/c1-22(19(24)16-7-6-15(20)12-17(16)21)13-14-4-2-3-5-18(14)23-8-10-25-11-9-23/h2-7,12H,8-11,13H2,1H3. The first-order chi connectivity index (χ1) is 12.1. The number of carbonyl (C=O) groups excluding carboxylic acids is 1. The molecule has 3 rings (SSSR count). The van der Waals surface area contributed by atoms with Crippen molar-refractivity contribution in [2.45, 2.75) is 6.54 Å². The van der Waals surface area contributed by atoms with Crippen molar-refractivity contribution in [2.24, 2.45) is 0 Å². The zero-order valence-electron chi connectivity index (χ0n) is 14.0. The van der Waals surface area contributed by atoms with Crippen LogP contribution in [-0.4, -0.2) is 44.2 Å². The molecule has 4 nitrogen and oxygen atoms in total. The summed E-state index contributed by atoms with van der Waals surface area (Å²) in [5.74, 6) is -0.00199. The van der Waals surface area contributed by atoms with Crippen molar-refractivity contribution in [3.8, 4) is 0 Å². The van der Waals surface area contributed by atoms with E-state index >= 15 is 0 Å². The Morgan fingerprint density at radius 1 is 1.24 bits per heavy atom. The first kappa shape index (κ1) is 18.5. The summed E-state index contributed by atoms with van der Waals surface area (Å²) < 4.78 is 6.31. The molecule has 132 valence electrons. The highest BCUT2D eigenvalue weighted by atomic mass is 127. The zero-order chi connectivity index (χ0) is 17.8. The van der Waals surface area contributed by atoms with E-state index in [0.29, 0.717) is 17.1 Å². The number of morpholine rings is 1. The average molecular weight is 471 g/mol. The lowest BCUT2D eigenvalue weighted by Crippen LogP contribution is -2.37. The molecule has 0 atom stereocenters. The maximum atomic E-state index is 12.8. The lowest BCUT2D eigenvalue weighted by Gasteiger charge is -2.31. The summed E-state index contributed by atoms with van der Waals surface area (Å²) in [6.45, 7) is 3.80. The van der Waals surface area contributed by atoms with Crippen LogP contribution in [0, 0.1) is 3.57 Å². The molecule has 0 N–H and O–H groups in total. The number of hydrogen-bond acceptors (Lipinski definition) is 3. The van der Waals surface area contributed by atoms with E-state index in [4.69, 9.17) is 16.3 Å². The highest BCUT2D eigenvalue weighted by Crippen LogP contribution is 2.24. The van der Waals surface area contributed by atoms with Gasteiger partial charge in [-0.1, -0.05) is 29.8 Å². The van der Waals surface area contributed by atoms with E-state index in [1.54, 1.807) is 17.0 Å². The van der Waals surface area contributed by atoms with Gasteiger partial charge >= 0.3 is 0 Å². The molecule has 25 heavy (non-hydrogen) atoms. The van der Waals surface area contributed by atoms with Gasteiger partial charge in [-0.2, -0.15) is 0 Å². The van der Waals surface area contributed by atoms with E-state index in [2.05, 4.69) is 39.6 Å². The van der Waals surface area contributed by atoms with Gasteiger partial charge in [-0.25, -0.2) is 0 Å². The summed E-state index contributed by atoms with van der Waals surface area (Å²) in [6.07, 6.45) is 0. The van der Waals surface area contributed by atoms with Crippen molar-refractivity contribution in [1.82, 2.24) is 4.90 Å². The minimum atomic E-state index is -0.00199. The Hall–Kier alpha value is -1.31. The van der Waals surface area contributed by atoms with E-state index in [1.165, 1.54) is 5.69 Å². The zero-order valence-corrected chi connectivity index (χ0v) is 17.0. The molecule has 1 saturated heterocycles. The van der Waals surface area contributed by atoms with Crippen LogP contribution in [0.25, 0.3) is 0 Å². The predicted octanol–water partition coefficient (Wildman–Crippen LogP) is 4.05. The van der Waals surface area contributed by atoms with Crippen LogP contribution in [0.4, 0.5) is 5.69 Å². The molecule has 1 aliphatic heterocycles. The van der Waals surface area contributed by atoms with Crippen LogP contribution in [0.1, 0.15) is 15.9 Å². The average Bonchev–Trinajstić information content (AvgIpc) is 2.62. The summed E-state index contributed by atoms with van der Waals surface area (Å²) in [7, 11) is 1.84. The van der Waals surface area contributed by atoms with Crippen LogP contribution in [0.2, 0.25) is 5.02 Å². The SMILES string of the molecule is CN(Cc1ccccc1N1CCOCC1)C(=O)c1ccc(Cl)cc1I. The van der Waals surface area contributed by atoms with Crippen molar-refractivity contribution in [3.05, 3.63) is 62.2 Å².